The average molecular weight is 879 g/mol. The van der Waals surface area contributed by atoms with Crippen LogP contribution in [0.3, 0.4) is 0 Å². The maximum absolute atomic E-state index is 13.1. The smallest absolute Gasteiger partial charge is 0.437 e. The standard InChI is InChI=1S/C23H24F3N3O2.C22H22F3N3O2.CH2O/c1-5-7-17-20(11-9-18-21(17)31-28-22(18)23(24,25)26)30-13-6-12-29(4)19-10-8-16(27-3)14-15(19)2;1-4-6-16-19(10-8-17-20(16)30-28-21(17)22(23,24)25)29-12-5-11-27-18-9-7-15(26-3)13-14(18)2;1-2/h8-11,14H,5-7,12-13H2,1-2,4H3;7-10,13,27H,4-6,11-12H2,1-2H3;1H2. The lowest BCUT2D eigenvalue weighted by atomic mass is 10.0. The quantitative estimate of drug-likeness (QED) is 0.0577. The summed E-state index contributed by atoms with van der Waals surface area (Å²) in [6, 6.07) is 16.9. The lowest BCUT2D eigenvalue weighted by Crippen LogP contribution is -2.21. The van der Waals surface area contributed by atoms with Crippen molar-refractivity contribution in [3.05, 3.63) is 117 Å². The third-order valence-corrected chi connectivity index (χ3v) is 9.79. The molecule has 0 unspecified atom stereocenters. The molecule has 11 nitrogen and oxygen atoms in total. The Hall–Kier alpha value is -6.75. The van der Waals surface area contributed by atoms with Gasteiger partial charge in [0.25, 0.3) is 0 Å². The largest absolute Gasteiger partial charge is 0.493 e. The van der Waals surface area contributed by atoms with Gasteiger partial charge >= 0.3 is 12.4 Å². The highest BCUT2D eigenvalue weighted by Crippen LogP contribution is 2.40. The highest BCUT2D eigenvalue weighted by molar-refractivity contribution is 5.86. The van der Waals surface area contributed by atoms with Crippen LogP contribution in [-0.4, -0.2) is 50.5 Å². The Morgan fingerprint density at radius 1 is 0.714 bits per heavy atom. The number of alkyl halides is 6. The van der Waals surface area contributed by atoms with Crippen molar-refractivity contribution < 1.29 is 49.7 Å². The molecule has 0 atom stereocenters. The van der Waals surface area contributed by atoms with Crippen molar-refractivity contribution in [1.29, 1.82) is 0 Å². The Morgan fingerprint density at radius 2 is 1.19 bits per heavy atom. The molecule has 0 radical (unpaired) electrons. The summed E-state index contributed by atoms with van der Waals surface area (Å²) >= 11 is 0. The summed E-state index contributed by atoms with van der Waals surface area (Å²) in [7, 11) is 1.97. The fourth-order valence-corrected chi connectivity index (χ4v) is 6.87. The first-order chi connectivity index (χ1) is 30.1. The molecule has 0 aliphatic heterocycles. The highest BCUT2D eigenvalue weighted by Gasteiger charge is 2.38. The van der Waals surface area contributed by atoms with Crippen LogP contribution in [0.25, 0.3) is 31.6 Å². The molecule has 0 fully saturated rings. The summed E-state index contributed by atoms with van der Waals surface area (Å²) in [5, 5.41) is 9.69. The van der Waals surface area contributed by atoms with Gasteiger partial charge in [-0.3, -0.25) is 0 Å². The molecule has 0 bridgehead atoms. The zero-order chi connectivity index (χ0) is 46.3. The molecule has 0 amide bonds. The molecule has 0 aliphatic rings. The summed E-state index contributed by atoms with van der Waals surface area (Å²) in [6.07, 6.45) is -5.18. The number of hydrogen-bond acceptors (Lipinski definition) is 9. The topological polar surface area (TPSA) is 112 Å². The average Bonchev–Trinajstić information content (AvgIpc) is 3.91. The molecule has 6 rings (SSSR count). The normalized spacial score (nSPS) is 11.2. The van der Waals surface area contributed by atoms with Crippen molar-refractivity contribution in [3.63, 3.8) is 0 Å². The second-order valence-electron chi connectivity index (χ2n) is 14.3. The number of benzene rings is 4. The molecule has 17 heteroatoms. The Labute approximate surface area is 361 Å². The molecule has 2 aromatic heterocycles. The van der Waals surface area contributed by atoms with Crippen LogP contribution >= 0.6 is 0 Å². The van der Waals surface area contributed by atoms with E-state index < -0.39 is 23.7 Å². The fourth-order valence-electron chi connectivity index (χ4n) is 6.87. The lowest BCUT2D eigenvalue weighted by molar-refractivity contribution is -0.142. The van der Waals surface area contributed by atoms with Gasteiger partial charge in [0.05, 0.1) is 37.1 Å². The molecule has 0 aliphatic carbocycles. The van der Waals surface area contributed by atoms with Crippen molar-refractivity contribution in [1.82, 2.24) is 10.3 Å². The third kappa shape index (κ3) is 12.4. The first-order valence-corrected chi connectivity index (χ1v) is 20.0. The number of aryl methyl sites for hydroxylation is 4. The lowest BCUT2D eigenvalue weighted by Gasteiger charge is -2.22. The van der Waals surface area contributed by atoms with Crippen LogP contribution in [0.4, 0.5) is 49.1 Å². The Morgan fingerprint density at radius 3 is 1.63 bits per heavy atom. The van der Waals surface area contributed by atoms with Crippen molar-refractivity contribution >= 4 is 51.5 Å². The third-order valence-electron chi connectivity index (χ3n) is 9.79. The summed E-state index contributed by atoms with van der Waals surface area (Å²) in [6.45, 7) is 26.1. The van der Waals surface area contributed by atoms with Crippen LogP contribution in [0.15, 0.2) is 69.7 Å². The minimum Gasteiger partial charge on any atom is -0.493 e. The van der Waals surface area contributed by atoms with Gasteiger partial charge in [-0.1, -0.05) is 61.3 Å². The molecular formula is C46H48F6N6O5. The van der Waals surface area contributed by atoms with Gasteiger partial charge in [-0.25, -0.2) is 9.69 Å². The maximum Gasteiger partial charge on any atom is 0.437 e. The van der Waals surface area contributed by atoms with Gasteiger partial charge in [0.1, 0.15) is 18.3 Å². The molecule has 6 aromatic rings. The van der Waals surface area contributed by atoms with E-state index in [-0.39, 0.29) is 21.9 Å². The van der Waals surface area contributed by atoms with Gasteiger partial charge < -0.3 is 33.5 Å². The van der Waals surface area contributed by atoms with Gasteiger partial charge in [-0.05, 0) is 87.1 Å². The number of nitrogens with one attached hydrogen (secondary N) is 1. The second kappa shape index (κ2) is 22.4. The summed E-state index contributed by atoms with van der Waals surface area (Å²) in [5.41, 5.74) is 4.70. The van der Waals surface area contributed by atoms with Gasteiger partial charge in [0.2, 0.25) is 0 Å². The minimum atomic E-state index is -4.56. The van der Waals surface area contributed by atoms with E-state index in [9.17, 15) is 26.3 Å². The molecule has 1 N–H and O–H groups in total. The van der Waals surface area contributed by atoms with E-state index in [4.69, 9.17) is 36.5 Å². The number of hydrogen-bond donors (Lipinski definition) is 1. The molecule has 63 heavy (non-hydrogen) atoms. The SMILES string of the molecule is C=O.[C-]#[N+]c1ccc(N(C)CCCOc2ccc3c(C(F)(F)F)noc3c2CCC)c(C)c1.[C-]#[N+]c1ccc(NCCCOc2ccc3c(C(F)(F)F)noc3c2CCC)c(C)c1. The van der Waals surface area contributed by atoms with E-state index in [1.54, 1.807) is 24.3 Å². The summed E-state index contributed by atoms with van der Waals surface area (Å²) in [5.74, 6) is 1.05. The minimum absolute atomic E-state index is 0.0404. The maximum atomic E-state index is 13.1. The molecule has 2 heterocycles. The molecule has 4 aromatic carbocycles. The second-order valence-corrected chi connectivity index (χ2v) is 14.3. The van der Waals surface area contributed by atoms with Crippen molar-refractivity contribution in [2.24, 2.45) is 0 Å². The number of ether oxygens (including phenoxy) is 2. The molecule has 0 spiro atoms. The van der Waals surface area contributed by atoms with E-state index in [2.05, 4.69) is 30.2 Å². The van der Waals surface area contributed by atoms with Crippen molar-refractivity contribution in [3.8, 4) is 11.5 Å². The molecule has 0 saturated carbocycles. The predicted octanol–water partition coefficient (Wildman–Crippen LogP) is 12.9. The van der Waals surface area contributed by atoms with E-state index in [1.807, 2.05) is 65.8 Å². The Kier molecular flexibility index (Phi) is 17.4. The van der Waals surface area contributed by atoms with Crippen molar-refractivity contribution in [2.75, 3.05) is 43.6 Å². The fraction of sp³-hybridized carbons (Fsp3) is 0.370. The van der Waals surface area contributed by atoms with E-state index >= 15 is 0 Å². The summed E-state index contributed by atoms with van der Waals surface area (Å²) in [4.78, 5) is 16.9. The predicted molar refractivity (Wildman–Crippen MR) is 230 cm³/mol. The Bertz CT molecular complexity index is 2540. The van der Waals surface area contributed by atoms with E-state index in [0.29, 0.717) is 79.4 Å². The zero-order valence-electron chi connectivity index (χ0n) is 35.6. The highest BCUT2D eigenvalue weighted by atomic mass is 19.4. The van der Waals surface area contributed by atoms with Crippen LogP contribution in [0.5, 0.6) is 11.5 Å². The number of halogens is 6. The monoisotopic (exact) mass is 878 g/mol. The molecular weight excluding hydrogens is 831 g/mol. The van der Waals surface area contributed by atoms with E-state index in [1.165, 1.54) is 12.1 Å². The first kappa shape index (κ1) is 48.9. The van der Waals surface area contributed by atoms with Crippen LogP contribution in [0, 0.1) is 27.0 Å². The number of nitrogens with zero attached hydrogens (tertiary/aromatic N) is 5. The Balaban J connectivity index is 0.000000266. The summed E-state index contributed by atoms with van der Waals surface area (Å²) < 4.78 is 101. The van der Waals surface area contributed by atoms with Crippen LogP contribution < -0.4 is 19.7 Å². The number of carbonyl (C=O) groups excluding carboxylic acids is 1. The first-order valence-electron chi connectivity index (χ1n) is 20.0. The van der Waals surface area contributed by atoms with Crippen LogP contribution in [0.2, 0.25) is 0 Å². The number of rotatable bonds is 16. The van der Waals surface area contributed by atoms with Crippen LogP contribution in [0.1, 0.15) is 73.2 Å². The number of aromatic nitrogens is 2. The molecule has 0 saturated heterocycles. The van der Waals surface area contributed by atoms with Crippen molar-refractivity contribution in [2.45, 2.75) is 78.6 Å². The zero-order valence-corrected chi connectivity index (χ0v) is 35.6. The number of anilines is 2. The van der Waals surface area contributed by atoms with Gasteiger partial charge in [0, 0.05) is 42.6 Å². The van der Waals surface area contributed by atoms with Gasteiger partial charge in [-0.2, -0.15) is 26.3 Å². The molecule has 334 valence electrons. The van der Waals surface area contributed by atoms with Crippen LogP contribution in [-0.2, 0) is 30.0 Å². The number of carbonyl (C=O) groups is 1. The van der Waals surface area contributed by atoms with Gasteiger partial charge in [0.15, 0.2) is 33.9 Å². The number of fused-ring (bicyclic) bond motifs is 2. The van der Waals surface area contributed by atoms with Gasteiger partial charge in [-0.15, -0.1) is 0 Å². The van der Waals surface area contributed by atoms with E-state index in [0.717, 1.165) is 41.9 Å².